The molecule has 0 radical (unpaired) electrons. The van der Waals surface area contributed by atoms with E-state index in [1.54, 1.807) is 5.01 Å². The molecule has 1 saturated heterocycles. The summed E-state index contributed by atoms with van der Waals surface area (Å²) in [6.07, 6.45) is 1.05. The first kappa shape index (κ1) is 9.45. The second-order valence-electron chi connectivity index (χ2n) is 3.52. The summed E-state index contributed by atoms with van der Waals surface area (Å²) < 4.78 is 0. The summed E-state index contributed by atoms with van der Waals surface area (Å²) in [7, 11) is 0. The van der Waals surface area contributed by atoms with Crippen molar-refractivity contribution in [1.82, 2.24) is 9.91 Å². The van der Waals surface area contributed by atoms with Gasteiger partial charge in [-0.3, -0.25) is 9.91 Å². The fourth-order valence-corrected chi connectivity index (χ4v) is 1.52. The Labute approximate surface area is 73.5 Å². The molecule has 0 spiro atoms. The Morgan fingerprint density at radius 1 is 1.17 bits per heavy atom. The van der Waals surface area contributed by atoms with E-state index in [4.69, 9.17) is 0 Å². The average molecular weight is 171 g/mol. The maximum atomic E-state index is 10.2. The summed E-state index contributed by atoms with van der Waals surface area (Å²) in [5.74, 6) is 0. The van der Waals surface area contributed by atoms with Crippen molar-refractivity contribution in [2.24, 2.45) is 5.29 Å². The summed E-state index contributed by atoms with van der Waals surface area (Å²) in [5, 5.41) is 4.57. The lowest BCUT2D eigenvalue weighted by Crippen LogP contribution is -2.34. The molecular weight excluding hydrogens is 154 g/mol. The molecule has 1 fully saturated rings. The lowest BCUT2D eigenvalue weighted by Gasteiger charge is -2.23. The zero-order valence-electron chi connectivity index (χ0n) is 7.86. The first-order valence-electron chi connectivity index (χ1n) is 4.56. The van der Waals surface area contributed by atoms with E-state index in [9.17, 15) is 4.91 Å². The molecule has 0 aromatic heterocycles. The molecule has 0 bridgehead atoms. The van der Waals surface area contributed by atoms with Gasteiger partial charge >= 0.3 is 0 Å². The van der Waals surface area contributed by atoms with Crippen LogP contribution in [-0.2, 0) is 0 Å². The van der Waals surface area contributed by atoms with E-state index in [1.807, 2.05) is 0 Å². The fourth-order valence-electron chi connectivity index (χ4n) is 1.52. The van der Waals surface area contributed by atoms with Gasteiger partial charge in [0, 0.05) is 25.7 Å². The Hall–Kier alpha value is -0.640. The number of rotatable bonds is 2. The first-order valence-corrected chi connectivity index (χ1v) is 4.56. The van der Waals surface area contributed by atoms with Gasteiger partial charge in [0.25, 0.3) is 0 Å². The first-order chi connectivity index (χ1) is 5.74. The van der Waals surface area contributed by atoms with Crippen LogP contribution in [0.5, 0.6) is 0 Å². The molecule has 0 aromatic carbocycles. The molecule has 4 nitrogen and oxygen atoms in total. The van der Waals surface area contributed by atoms with Crippen LogP contribution in [0.15, 0.2) is 5.29 Å². The smallest absolute Gasteiger partial charge is 0.0524 e. The van der Waals surface area contributed by atoms with E-state index in [0.29, 0.717) is 6.04 Å². The van der Waals surface area contributed by atoms with Crippen LogP contribution in [0.3, 0.4) is 0 Å². The van der Waals surface area contributed by atoms with E-state index in [1.165, 1.54) is 0 Å². The predicted octanol–water partition coefficient (Wildman–Crippen LogP) is 1.08. The molecule has 12 heavy (non-hydrogen) atoms. The largest absolute Gasteiger partial charge is 0.299 e. The van der Waals surface area contributed by atoms with Gasteiger partial charge in [-0.2, -0.15) is 0 Å². The van der Waals surface area contributed by atoms with Crippen LogP contribution in [0.4, 0.5) is 0 Å². The van der Waals surface area contributed by atoms with Crippen molar-refractivity contribution in [2.45, 2.75) is 26.3 Å². The molecule has 0 aliphatic carbocycles. The van der Waals surface area contributed by atoms with Gasteiger partial charge in [-0.1, -0.05) is 0 Å². The van der Waals surface area contributed by atoms with Crippen molar-refractivity contribution in [3.8, 4) is 0 Å². The van der Waals surface area contributed by atoms with E-state index in [-0.39, 0.29) is 0 Å². The third kappa shape index (κ3) is 2.44. The quantitative estimate of drug-likeness (QED) is 0.583. The second kappa shape index (κ2) is 4.40. The number of hydrogen-bond donors (Lipinski definition) is 0. The number of nitroso groups, excluding NO2 is 1. The van der Waals surface area contributed by atoms with Crippen LogP contribution in [0.25, 0.3) is 0 Å². The van der Waals surface area contributed by atoms with Gasteiger partial charge in [-0.05, 0) is 20.3 Å². The van der Waals surface area contributed by atoms with Crippen molar-refractivity contribution in [1.29, 1.82) is 0 Å². The Balaban J connectivity index is 2.38. The summed E-state index contributed by atoms with van der Waals surface area (Å²) in [5.41, 5.74) is 0. The maximum Gasteiger partial charge on any atom is 0.0524 e. The van der Waals surface area contributed by atoms with Crippen LogP contribution < -0.4 is 0 Å². The van der Waals surface area contributed by atoms with Crippen LogP contribution in [0, 0.1) is 4.91 Å². The van der Waals surface area contributed by atoms with Crippen molar-refractivity contribution < 1.29 is 0 Å². The third-order valence-electron chi connectivity index (χ3n) is 2.35. The highest BCUT2D eigenvalue weighted by Gasteiger charge is 2.15. The van der Waals surface area contributed by atoms with Gasteiger partial charge in [0.1, 0.15) is 0 Å². The second-order valence-corrected chi connectivity index (χ2v) is 3.52. The molecule has 0 unspecified atom stereocenters. The molecule has 0 atom stereocenters. The summed E-state index contributed by atoms with van der Waals surface area (Å²) in [6, 6.07) is 0.580. The molecule has 1 rings (SSSR count). The number of hydrogen-bond acceptors (Lipinski definition) is 3. The molecule has 1 heterocycles. The van der Waals surface area contributed by atoms with Crippen molar-refractivity contribution in [3.05, 3.63) is 4.91 Å². The zero-order chi connectivity index (χ0) is 8.97. The minimum absolute atomic E-state index is 0.580. The Kier molecular flexibility index (Phi) is 3.47. The van der Waals surface area contributed by atoms with Crippen molar-refractivity contribution in [3.63, 3.8) is 0 Å². The van der Waals surface area contributed by atoms with Crippen molar-refractivity contribution >= 4 is 0 Å². The molecule has 0 saturated carbocycles. The van der Waals surface area contributed by atoms with E-state index < -0.39 is 0 Å². The van der Waals surface area contributed by atoms with E-state index in [2.05, 4.69) is 24.0 Å². The predicted molar refractivity (Wildman–Crippen MR) is 48.7 cm³/mol. The van der Waals surface area contributed by atoms with Crippen LogP contribution >= 0.6 is 0 Å². The molecule has 0 aromatic rings. The topological polar surface area (TPSA) is 35.9 Å². The van der Waals surface area contributed by atoms with E-state index >= 15 is 0 Å². The fraction of sp³-hybridized carbons (Fsp3) is 1.00. The highest BCUT2D eigenvalue weighted by molar-refractivity contribution is 4.69. The van der Waals surface area contributed by atoms with Gasteiger partial charge in [0.15, 0.2) is 0 Å². The third-order valence-corrected chi connectivity index (χ3v) is 2.35. The Morgan fingerprint density at radius 2 is 1.92 bits per heavy atom. The molecule has 0 N–H and O–H groups in total. The maximum absolute atomic E-state index is 10.2. The molecule has 70 valence electrons. The molecule has 0 amide bonds. The average Bonchev–Trinajstić information content (AvgIpc) is 2.28. The highest BCUT2D eigenvalue weighted by atomic mass is 16.3. The van der Waals surface area contributed by atoms with Gasteiger partial charge < -0.3 is 0 Å². The van der Waals surface area contributed by atoms with Gasteiger partial charge in [0.2, 0.25) is 0 Å². The zero-order valence-corrected chi connectivity index (χ0v) is 7.86. The van der Waals surface area contributed by atoms with Crippen molar-refractivity contribution in [2.75, 3.05) is 26.2 Å². The molecule has 4 heteroatoms. The SMILES string of the molecule is CC(C)N1CCCN(N=O)CC1. The van der Waals surface area contributed by atoms with Crippen LogP contribution in [-0.4, -0.2) is 42.1 Å². The Bertz CT molecular complexity index is 149. The lowest BCUT2D eigenvalue weighted by molar-refractivity contribution is 0.222. The molecular formula is C8H17N3O. The van der Waals surface area contributed by atoms with Crippen LogP contribution in [0.1, 0.15) is 20.3 Å². The minimum atomic E-state index is 0.580. The minimum Gasteiger partial charge on any atom is -0.299 e. The standard InChI is InChI=1S/C8H17N3O/c1-8(2)10-4-3-5-11(9-12)7-6-10/h8H,3-7H2,1-2H3. The molecule has 1 aliphatic rings. The van der Waals surface area contributed by atoms with Crippen LogP contribution in [0.2, 0.25) is 0 Å². The molecule has 1 aliphatic heterocycles. The lowest BCUT2D eigenvalue weighted by atomic mass is 10.3. The van der Waals surface area contributed by atoms with Gasteiger partial charge in [-0.15, -0.1) is 4.91 Å². The monoisotopic (exact) mass is 171 g/mol. The Morgan fingerprint density at radius 3 is 2.50 bits per heavy atom. The summed E-state index contributed by atoms with van der Waals surface area (Å²) in [4.78, 5) is 12.6. The summed E-state index contributed by atoms with van der Waals surface area (Å²) >= 11 is 0. The highest BCUT2D eigenvalue weighted by Crippen LogP contribution is 2.06. The summed E-state index contributed by atoms with van der Waals surface area (Å²) in [6.45, 7) is 8.01. The number of nitrogens with zero attached hydrogens (tertiary/aromatic N) is 3. The van der Waals surface area contributed by atoms with Gasteiger partial charge in [0.05, 0.1) is 11.8 Å². The van der Waals surface area contributed by atoms with E-state index in [0.717, 1.165) is 32.6 Å². The van der Waals surface area contributed by atoms with Gasteiger partial charge in [-0.25, -0.2) is 0 Å². The normalized spacial score (nSPS) is 21.1.